The predicted octanol–water partition coefficient (Wildman–Crippen LogP) is 1.24. The molecule has 1 unspecified atom stereocenters. The summed E-state index contributed by atoms with van der Waals surface area (Å²) in [6.45, 7) is 0.843. The Kier molecular flexibility index (Phi) is 2.22. The third-order valence-electron chi connectivity index (χ3n) is 2.50. The highest BCUT2D eigenvalue weighted by atomic mass is 16.5. The Bertz CT molecular complexity index is 270. The highest BCUT2D eigenvalue weighted by Crippen LogP contribution is 2.30. The van der Waals surface area contributed by atoms with Gasteiger partial charge in [0.1, 0.15) is 6.10 Å². The molecule has 1 saturated heterocycles. The van der Waals surface area contributed by atoms with Gasteiger partial charge in [0.2, 0.25) is 0 Å². The zero-order valence-corrected chi connectivity index (χ0v) is 7.86. The van der Waals surface area contributed by atoms with Crippen LogP contribution in [-0.2, 0) is 11.8 Å². The second kappa shape index (κ2) is 3.38. The lowest BCUT2D eigenvalue weighted by molar-refractivity contribution is 0.0105. The van der Waals surface area contributed by atoms with Gasteiger partial charge in [0.25, 0.3) is 0 Å². The molecule has 1 aromatic heterocycles. The largest absolute Gasteiger partial charge is 0.396 e. The lowest BCUT2D eigenvalue weighted by Crippen LogP contribution is -2.16. The Labute approximate surface area is 77.7 Å². The van der Waals surface area contributed by atoms with Crippen molar-refractivity contribution in [2.24, 2.45) is 7.05 Å². The third-order valence-corrected chi connectivity index (χ3v) is 2.50. The number of aromatic nitrogens is 2. The molecule has 2 heterocycles. The van der Waals surface area contributed by atoms with Crippen LogP contribution in [0, 0.1) is 0 Å². The van der Waals surface area contributed by atoms with Crippen LogP contribution in [0.3, 0.4) is 0 Å². The van der Waals surface area contributed by atoms with E-state index in [2.05, 4.69) is 5.10 Å². The summed E-state index contributed by atoms with van der Waals surface area (Å²) in [6.07, 6.45) is 5.28. The number of aryl methyl sites for hydroxylation is 1. The molecule has 1 aliphatic heterocycles. The summed E-state index contributed by atoms with van der Waals surface area (Å²) in [4.78, 5) is 0. The van der Waals surface area contributed by atoms with Gasteiger partial charge in [0.15, 0.2) is 0 Å². The maximum absolute atomic E-state index is 5.81. The van der Waals surface area contributed by atoms with E-state index in [1.165, 1.54) is 6.42 Å². The summed E-state index contributed by atoms with van der Waals surface area (Å²) >= 11 is 0. The minimum atomic E-state index is 0.154. The molecule has 4 heteroatoms. The first-order chi connectivity index (χ1) is 6.29. The maximum Gasteiger partial charge on any atom is 0.101 e. The van der Waals surface area contributed by atoms with Gasteiger partial charge in [-0.3, -0.25) is 4.68 Å². The average Bonchev–Trinajstić information content (AvgIpc) is 2.48. The van der Waals surface area contributed by atoms with Crippen molar-refractivity contribution in [3.63, 3.8) is 0 Å². The average molecular weight is 181 g/mol. The van der Waals surface area contributed by atoms with E-state index in [1.54, 1.807) is 6.20 Å². The molecule has 72 valence electrons. The van der Waals surface area contributed by atoms with Crippen molar-refractivity contribution in [1.82, 2.24) is 9.78 Å². The van der Waals surface area contributed by atoms with Crippen LogP contribution in [0.5, 0.6) is 0 Å². The molecular weight excluding hydrogens is 166 g/mol. The van der Waals surface area contributed by atoms with Gasteiger partial charge < -0.3 is 10.5 Å². The van der Waals surface area contributed by atoms with E-state index in [-0.39, 0.29) is 6.10 Å². The smallest absolute Gasteiger partial charge is 0.101 e. The standard InChI is InChI=1S/C9H15N3O/c1-12-9(7(10)6-11-12)8-4-2-3-5-13-8/h6,8H,2-5,10H2,1H3. The topological polar surface area (TPSA) is 53.1 Å². The molecule has 0 spiro atoms. The number of hydrogen-bond donors (Lipinski definition) is 1. The zero-order valence-electron chi connectivity index (χ0n) is 7.86. The van der Waals surface area contributed by atoms with Crippen LogP contribution in [0.25, 0.3) is 0 Å². The first kappa shape index (κ1) is 8.56. The molecule has 0 saturated carbocycles. The molecule has 1 fully saturated rings. The van der Waals surface area contributed by atoms with Gasteiger partial charge in [-0.15, -0.1) is 0 Å². The van der Waals surface area contributed by atoms with Gasteiger partial charge in [0.05, 0.1) is 17.6 Å². The van der Waals surface area contributed by atoms with Gasteiger partial charge in [-0.1, -0.05) is 0 Å². The molecule has 4 nitrogen and oxygen atoms in total. The number of anilines is 1. The first-order valence-corrected chi connectivity index (χ1v) is 4.68. The lowest BCUT2D eigenvalue weighted by atomic mass is 10.1. The van der Waals surface area contributed by atoms with Crippen molar-refractivity contribution in [2.45, 2.75) is 25.4 Å². The Morgan fingerprint density at radius 1 is 1.62 bits per heavy atom. The summed E-state index contributed by atoms with van der Waals surface area (Å²) in [6, 6.07) is 0. The van der Waals surface area contributed by atoms with E-state index in [9.17, 15) is 0 Å². The molecule has 0 bridgehead atoms. The van der Waals surface area contributed by atoms with E-state index in [4.69, 9.17) is 10.5 Å². The number of hydrogen-bond acceptors (Lipinski definition) is 3. The molecular formula is C9H15N3O. The molecule has 1 atom stereocenters. The molecule has 0 radical (unpaired) electrons. The fraction of sp³-hybridized carbons (Fsp3) is 0.667. The number of ether oxygens (including phenoxy) is 1. The second-order valence-corrected chi connectivity index (χ2v) is 3.46. The molecule has 0 aliphatic carbocycles. The van der Waals surface area contributed by atoms with E-state index in [1.807, 2.05) is 11.7 Å². The predicted molar refractivity (Wildman–Crippen MR) is 50.2 cm³/mol. The van der Waals surface area contributed by atoms with Crippen LogP contribution in [0.15, 0.2) is 6.20 Å². The summed E-state index contributed by atoms with van der Waals surface area (Å²) in [7, 11) is 1.91. The molecule has 0 amide bonds. The van der Waals surface area contributed by atoms with Crippen molar-refractivity contribution in [3.05, 3.63) is 11.9 Å². The van der Waals surface area contributed by atoms with Crippen LogP contribution in [-0.4, -0.2) is 16.4 Å². The number of rotatable bonds is 1. The maximum atomic E-state index is 5.81. The highest BCUT2D eigenvalue weighted by Gasteiger charge is 2.21. The Morgan fingerprint density at radius 3 is 3.00 bits per heavy atom. The van der Waals surface area contributed by atoms with Crippen LogP contribution >= 0.6 is 0 Å². The fourth-order valence-electron chi connectivity index (χ4n) is 1.81. The number of nitrogens with zero attached hydrogens (tertiary/aromatic N) is 2. The Hall–Kier alpha value is -1.03. The van der Waals surface area contributed by atoms with E-state index < -0.39 is 0 Å². The molecule has 0 aromatic carbocycles. The third kappa shape index (κ3) is 1.54. The zero-order chi connectivity index (χ0) is 9.26. The number of nitrogens with two attached hydrogens (primary N) is 1. The Morgan fingerprint density at radius 2 is 2.46 bits per heavy atom. The SMILES string of the molecule is Cn1ncc(N)c1C1CCCCO1. The van der Waals surface area contributed by atoms with Crippen LogP contribution in [0.2, 0.25) is 0 Å². The van der Waals surface area contributed by atoms with Gasteiger partial charge >= 0.3 is 0 Å². The summed E-state index contributed by atoms with van der Waals surface area (Å²) in [5.74, 6) is 0. The van der Waals surface area contributed by atoms with Gasteiger partial charge in [0, 0.05) is 13.7 Å². The van der Waals surface area contributed by atoms with Gasteiger partial charge in [-0.25, -0.2) is 0 Å². The molecule has 2 rings (SSSR count). The van der Waals surface area contributed by atoms with Crippen molar-refractivity contribution in [3.8, 4) is 0 Å². The van der Waals surface area contributed by atoms with E-state index in [0.29, 0.717) is 0 Å². The quantitative estimate of drug-likeness (QED) is 0.709. The molecule has 13 heavy (non-hydrogen) atoms. The molecule has 1 aliphatic rings. The van der Waals surface area contributed by atoms with Gasteiger partial charge in [-0.05, 0) is 19.3 Å². The van der Waals surface area contributed by atoms with Crippen molar-refractivity contribution >= 4 is 5.69 Å². The van der Waals surface area contributed by atoms with Crippen LogP contribution in [0.1, 0.15) is 31.1 Å². The van der Waals surface area contributed by atoms with Gasteiger partial charge in [-0.2, -0.15) is 5.10 Å². The summed E-state index contributed by atoms with van der Waals surface area (Å²) in [5, 5.41) is 4.10. The molecule has 2 N–H and O–H groups in total. The minimum Gasteiger partial charge on any atom is -0.396 e. The van der Waals surface area contributed by atoms with Crippen molar-refractivity contribution in [2.75, 3.05) is 12.3 Å². The highest BCUT2D eigenvalue weighted by molar-refractivity contribution is 5.42. The first-order valence-electron chi connectivity index (χ1n) is 4.68. The van der Waals surface area contributed by atoms with Crippen LogP contribution in [0.4, 0.5) is 5.69 Å². The van der Waals surface area contributed by atoms with Crippen molar-refractivity contribution < 1.29 is 4.74 Å². The normalized spacial score (nSPS) is 23.3. The van der Waals surface area contributed by atoms with E-state index >= 15 is 0 Å². The minimum absolute atomic E-state index is 0.154. The van der Waals surface area contributed by atoms with Crippen molar-refractivity contribution in [1.29, 1.82) is 0 Å². The lowest BCUT2D eigenvalue weighted by Gasteiger charge is -2.23. The molecule has 1 aromatic rings. The number of nitrogen functional groups attached to an aromatic ring is 1. The Balaban J connectivity index is 2.22. The van der Waals surface area contributed by atoms with Crippen LogP contribution < -0.4 is 5.73 Å². The van der Waals surface area contributed by atoms with E-state index in [0.717, 1.165) is 30.8 Å². The summed E-state index contributed by atoms with van der Waals surface area (Å²) < 4.78 is 7.45. The monoisotopic (exact) mass is 181 g/mol. The second-order valence-electron chi connectivity index (χ2n) is 3.46. The fourth-order valence-corrected chi connectivity index (χ4v) is 1.81. The summed E-state index contributed by atoms with van der Waals surface area (Å²) in [5.41, 5.74) is 7.58.